The molecule has 0 aliphatic heterocycles. The highest BCUT2D eigenvalue weighted by Gasteiger charge is 2.22. The summed E-state index contributed by atoms with van der Waals surface area (Å²) in [5, 5.41) is 28.2. The van der Waals surface area contributed by atoms with Crippen molar-refractivity contribution in [2.24, 2.45) is 0 Å². The van der Waals surface area contributed by atoms with Crippen LogP contribution in [-0.4, -0.2) is 73.3 Å². The van der Waals surface area contributed by atoms with Gasteiger partial charge < -0.3 is 29.5 Å². The number of benzene rings is 2. The van der Waals surface area contributed by atoms with E-state index in [4.69, 9.17) is 24.4 Å². The predicted octanol–water partition coefficient (Wildman–Crippen LogP) is 4.00. The second kappa shape index (κ2) is 15.9. The Hall–Kier alpha value is -2.81. The molecular weight excluding hydrogens is 438 g/mol. The van der Waals surface area contributed by atoms with Crippen molar-refractivity contribution in [1.82, 2.24) is 4.90 Å². The maximum absolute atomic E-state index is 10.8. The minimum atomic E-state index is -1.05. The molecule has 0 heterocycles. The first-order chi connectivity index (χ1) is 16.3. The molecule has 8 nitrogen and oxygen atoms in total. The number of hydrogen-bond donors (Lipinski definition) is 3. The number of aromatic carboxylic acids is 1. The lowest BCUT2D eigenvalue weighted by Gasteiger charge is -2.32. The number of ether oxygens (including phenoxy) is 3. The van der Waals surface area contributed by atoms with Crippen molar-refractivity contribution >= 4 is 5.97 Å². The molecule has 2 rings (SSSR count). The molecule has 0 radical (unpaired) electrons. The Kier molecular flexibility index (Phi) is 13.7. The fourth-order valence-electron chi connectivity index (χ4n) is 3.57. The molecule has 0 aliphatic carbocycles. The Labute approximate surface area is 202 Å². The van der Waals surface area contributed by atoms with Crippen LogP contribution in [0.15, 0.2) is 42.5 Å². The van der Waals surface area contributed by atoms with Gasteiger partial charge in [0.15, 0.2) is 11.5 Å². The van der Waals surface area contributed by atoms with E-state index in [0.29, 0.717) is 17.2 Å². The molecule has 0 aliphatic rings. The topological polar surface area (TPSA) is 109 Å². The van der Waals surface area contributed by atoms with Crippen LogP contribution in [0.3, 0.4) is 0 Å². The quantitative estimate of drug-likeness (QED) is 0.372. The SMILES string of the molecule is CCCN(CCCCO)C(C)C(O)c1ccccc1.COc1cc(C(=O)O)cc(OC)c1OC. The molecule has 0 spiro atoms. The molecule has 0 amide bonds. The Morgan fingerprint density at radius 3 is 2.00 bits per heavy atom. The van der Waals surface area contributed by atoms with Crippen LogP contribution < -0.4 is 14.2 Å². The van der Waals surface area contributed by atoms with Gasteiger partial charge in [-0.3, -0.25) is 4.90 Å². The summed E-state index contributed by atoms with van der Waals surface area (Å²) in [6, 6.07) is 12.7. The van der Waals surface area contributed by atoms with Gasteiger partial charge in [-0.2, -0.15) is 0 Å². The van der Waals surface area contributed by atoms with Crippen molar-refractivity contribution in [3.8, 4) is 17.2 Å². The number of methoxy groups -OCH3 is 3. The Bertz CT molecular complexity index is 819. The third-order valence-electron chi connectivity index (χ3n) is 5.45. The zero-order valence-corrected chi connectivity index (χ0v) is 20.9. The molecule has 2 aromatic rings. The van der Waals surface area contributed by atoms with E-state index >= 15 is 0 Å². The molecule has 2 atom stereocenters. The average Bonchev–Trinajstić information content (AvgIpc) is 2.87. The van der Waals surface area contributed by atoms with Crippen LogP contribution >= 0.6 is 0 Å². The first-order valence-corrected chi connectivity index (χ1v) is 11.5. The Morgan fingerprint density at radius 1 is 0.971 bits per heavy atom. The van der Waals surface area contributed by atoms with E-state index in [-0.39, 0.29) is 18.2 Å². The molecule has 190 valence electrons. The summed E-state index contributed by atoms with van der Waals surface area (Å²) in [6.45, 7) is 6.39. The van der Waals surface area contributed by atoms with Crippen molar-refractivity contribution in [2.45, 2.75) is 45.3 Å². The summed E-state index contributed by atoms with van der Waals surface area (Å²) >= 11 is 0. The molecule has 2 aromatic carbocycles. The van der Waals surface area contributed by atoms with Crippen LogP contribution in [0.4, 0.5) is 0 Å². The number of carbonyl (C=O) groups is 1. The average molecular weight is 478 g/mol. The number of hydrogen-bond acceptors (Lipinski definition) is 7. The van der Waals surface area contributed by atoms with E-state index < -0.39 is 12.1 Å². The minimum Gasteiger partial charge on any atom is -0.493 e. The molecule has 0 aromatic heterocycles. The smallest absolute Gasteiger partial charge is 0.335 e. The third kappa shape index (κ3) is 8.85. The molecule has 0 saturated carbocycles. The van der Waals surface area contributed by atoms with Crippen molar-refractivity contribution in [1.29, 1.82) is 0 Å². The summed E-state index contributed by atoms with van der Waals surface area (Å²) in [5.74, 6) is -0.0113. The van der Waals surface area contributed by atoms with Gasteiger partial charge in [0.05, 0.1) is 33.0 Å². The van der Waals surface area contributed by atoms with Gasteiger partial charge in [-0.25, -0.2) is 4.79 Å². The molecule has 3 N–H and O–H groups in total. The van der Waals surface area contributed by atoms with Gasteiger partial charge in [0.25, 0.3) is 0 Å². The summed E-state index contributed by atoms with van der Waals surface area (Å²) in [6.07, 6.45) is 2.42. The lowest BCUT2D eigenvalue weighted by atomic mass is 10.0. The maximum Gasteiger partial charge on any atom is 0.335 e. The third-order valence-corrected chi connectivity index (χ3v) is 5.45. The van der Waals surface area contributed by atoms with Crippen molar-refractivity contribution in [3.63, 3.8) is 0 Å². The molecule has 0 bridgehead atoms. The van der Waals surface area contributed by atoms with E-state index in [1.807, 2.05) is 30.3 Å². The van der Waals surface area contributed by atoms with Crippen LogP contribution in [0.2, 0.25) is 0 Å². The zero-order valence-electron chi connectivity index (χ0n) is 20.9. The molecule has 2 unspecified atom stereocenters. The fraction of sp³-hybridized carbons (Fsp3) is 0.500. The number of aliphatic hydroxyl groups is 2. The normalized spacial score (nSPS) is 12.4. The molecule has 0 fully saturated rings. The molecule has 0 saturated heterocycles. The van der Waals surface area contributed by atoms with Gasteiger partial charge in [-0.05, 0) is 57.0 Å². The summed E-state index contributed by atoms with van der Waals surface area (Å²) in [5.41, 5.74) is 1.06. The number of rotatable bonds is 13. The van der Waals surface area contributed by atoms with Crippen molar-refractivity contribution in [2.75, 3.05) is 41.0 Å². The van der Waals surface area contributed by atoms with Crippen LogP contribution in [-0.2, 0) is 0 Å². The van der Waals surface area contributed by atoms with Gasteiger partial charge in [-0.1, -0.05) is 37.3 Å². The largest absolute Gasteiger partial charge is 0.493 e. The van der Waals surface area contributed by atoms with E-state index in [2.05, 4.69) is 18.7 Å². The lowest BCUT2D eigenvalue weighted by Crippen LogP contribution is -2.38. The van der Waals surface area contributed by atoms with Crippen LogP contribution in [0.25, 0.3) is 0 Å². The van der Waals surface area contributed by atoms with E-state index in [1.165, 1.54) is 33.5 Å². The van der Waals surface area contributed by atoms with E-state index in [1.54, 1.807) is 0 Å². The van der Waals surface area contributed by atoms with Gasteiger partial charge in [0.1, 0.15) is 0 Å². The Balaban J connectivity index is 0.000000350. The first-order valence-electron chi connectivity index (χ1n) is 11.5. The van der Waals surface area contributed by atoms with Gasteiger partial charge in [0.2, 0.25) is 5.75 Å². The zero-order chi connectivity index (χ0) is 25.5. The monoisotopic (exact) mass is 477 g/mol. The highest BCUT2D eigenvalue weighted by Crippen LogP contribution is 2.38. The number of carboxylic acid groups (broad SMARTS) is 1. The van der Waals surface area contributed by atoms with Gasteiger partial charge in [0, 0.05) is 12.6 Å². The maximum atomic E-state index is 10.8. The second-order valence-electron chi connectivity index (χ2n) is 7.78. The highest BCUT2D eigenvalue weighted by molar-refractivity contribution is 5.89. The minimum absolute atomic E-state index is 0.0875. The van der Waals surface area contributed by atoms with Crippen LogP contribution in [0.5, 0.6) is 17.2 Å². The molecule has 34 heavy (non-hydrogen) atoms. The molecular formula is C26H39NO7. The van der Waals surface area contributed by atoms with Crippen molar-refractivity contribution < 1.29 is 34.3 Å². The van der Waals surface area contributed by atoms with Gasteiger partial charge >= 0.3 is 5.97 Å². The number of aliphatic hydroxyl groups excluding tert-OH is 2. The number of unbranched alkanes of at least 4 members (excludes halogenated alkanes) is 1. The second-order valence-corrected chi connectivity index (χ2v) is 7.78. The fourth-order valence-corrected chi connectivity index (χ4v) is 3.57. The Morgan fingerprint density at radius 2 is 1.56 bits per heavy atom. The lowest BCUT2D eigenvalue weighted by molar-refractivity contribution is 0.0559. The molecule has 8 heteroatoms. The standard InChI is InChI=1S/C16H27NO2.C10H12O5/c1-3-11-17(12-7-8-13-18)14(2)16(19)15-9-5-4-6-10-15;1-13-7-4-6(10(11)12)5-8(14-2)9(7)15-3/h4-6,9-10,14,16,18-19H,3,7-8,11-13H2,1-2H3;4-5H,1-3H3,(H,11,12). The van der Waals surface area contributed by atoms with E-state index in [0.717, 1.165) is 37.9 Å². The van der Waals surface area contributed by atoms with Crippen LogP contribution in [0, 0.1) is 0 Å². The number of carboxylic acids is 1. The first kappa shape index (κ1) is 29.2. The number of nitrogens with zero attached hydrogens (tertiary/aromatic N) is 1. The van der Waals surface area contributed by atoms with Crippen LogP contribution in [0.1, 0.15) is 55.1 Å². The summed E-state index contributed by atoms with van der Waals surface area (Å²) in [7, 11) is 4.33. The van der Waals surface area contributed by atoms with E-state index in [9.17, 15) is 9.90 Å². The predicted molar refractivity (Wildman–Crippen MR) is 132 cm³/mol. The highest BCUT2D eigenvalue weighted by atomic mass is 16.5. The van der Waals surface area contributed by atoms with Gasteiger partial charge in [-0.15, -0.1) is 0 Å². The summed E-state index contributed by atoms with van der Waals surface area (Å²) < 4.78 is 15.1. The summed E-state index contributed by atoms with van der Waals surface area (Å²) in [4.78, 5) is 13.1. The van der Waals surface area contributed by atoms with Crippen molar-refractivity contribution in [3.05, 3.63) is 53.6 Å².